The van der Waals surface area contributed by atoms with Crippen LogP contribution in [0.2, 0.25) is 0 Å². The SMILES string of the molecule is CC1=NC2(c3cc(NC(=O)c4cnc(CO)cn4)ccn3)CN(c3ncc(F)cn3)CC2CS1. The molecule has 5 rings (SSSR count). The second-order valence-corrected chi connectivity index (χ2v) is 9.29. The smallest absolute Gasteiger partial charge is 0.275 e. The van der Waals surface area contributed by atoms with E-state index in [1.54, 1.807) is 24.0 Å². The highest BCUT2D eigenvalue weighted by Gasteiger charge is 2.51. The van der Waals surface area contributed by atoms with Crippen LogP contribution in [0.1, 0.15) is 28.8 Å². The number of hydrogen-bond donors (Lipinski definition) is 2. The third-order valence-electron chi connectivity index (χ3n) is 5.85. The number of fused-ring (bicyclic) bond motifs is 1. The highest BCUT2D eigenvalue weighted by atomic mass is 32.2. The number of aliphatic imine (C=N–C) groups is 1. The fraction of sp³-hybridized carbons (Fsp3) is 0.318. The van der Waals surface area contributed by atoms with Crippen LogP contribution in [0, 0.1) is 11.7 Å². The quantitative estimate of drug-likeness (QED) is 0.563. The van der Waals surface area contributed by atoms with Crippen LogP contribution in [0.4, 0.5) is 16.0 Å². The Balaban J connectivity index is 1.44. The van der Waals surface area contributed by atoms with E-state index in [4.69, 9.17) is 10.1 Å². The molecule has 174 valence electrons. The third-order valence-corrected chi connectivity index (χ3v) is 6.93. The second-order valence-electron chi connectivity index (χ2n) is 8.08. The Morgan fingerprint density at radius 3 is 2.79 bits per heavy atom. The molecule has 10 nitrogen and oxygen atoms in total. The topological polar surface area (TPSA) is 129 Å². The summed E-state index contributed by atoms with van der Waals surface area (Å²) in [6, 6.07) is 3.52. The fourth-order valence-electron chi connectivity index (χ4n) is 4.22. The summed E-state index contributed by atoms with van der Waals surface area (Å²) in [7, 11) is 0. The van der Waals surface area contributed by atoms with Crippen molar-refractivity contribution in [3.05, 3.63) is 66.0 Å². The van der Waals surface area contributed by atoms with Crippen LogP contribution in [0.15, 0.2) is 48.1 Å². The number of halogens is 1. The lowest BCUT2D eigenvalue weighted by Crippen LogP contribution is -2.39. The van der Waals surface area contributed by atoms with Crippen LogP contribution in [-0.4, -0.2) is 59.8 Å². The zero-order chi connectivity index (χ0) is 23.7. The van der Waals surface area contributed by atoms with Gasteiger partial charge >= 0.3 is 0 Å². The number of carbonyl (C=O) groups excluding carboxylic acids is 1. The molecule has 2 N–H and O–H groups in total. The van der Waals surface area contributed by atoms with Gasteiger partial charge in [-0.1, -0.05) is 0 Å². The first-order valence-electron chi connectivity index (χ1n) is 10.6. The van der Waals surface area contributed by atoms with Gasteiger partial charge in [0.25, 0.3) is 5.91 Å². The van der Waals surface area contributed by atoms with Crippen LogP contribution in [-0.2, 0) is 12.1 Å². The number of thioether (sulfide) groups is 1. The minimum Gasteiger partial charge on any atom is -0.390 e. The van der Waals surface area contributed by atoms with E-state index >= 15 is 0 Å². The Labute approximate surface area is 198 Å². The predicted molar refractivity (Wildman–Crippen MR) is 125 cm³/mol. The highest BCUT2D eigenvalue weighted by molar-refractivity contribution is 8.13. The maximum Gasteiger partial charge on any atom is 0.275 e. The molecule has 2 atom stereocenters. The molecule has 3 aromatic rings. The highest BCUT2D eigenvalue weighted by Crippen LogP contribution is 2.46. The van der Waals surface area contributed by atoms with Crippen LogP contribution in [0.25, 0.3) is 0 Å². The normalized spacial score (nSPS) is 21.7. The summed E-state index contributed by atoms with van der Waals surface area (Å²) < 4.78 is 13.3. The van der Waals surface area contributed by atoms with Crippen LogP contribution in [0.3, 0.4) is 0 Å². The molecule has 1 amide bonds. The zero-order valence-electron chi connectivity index (χ0n) is 18.2. The number of amides is 1. The molecule has 1 saturated heterocycles. The number of nitrogens with one attached hydrogen (secondary N) is 1. The molecule has 0 aromatic carbocycles. The minimum absolute atomic E-state index is 0.130. The lowest BCUT2D eigenvalue weighted by molar-refractivity contribution is 0.102. The summed E-state index contributed by atoms with van der Waals surface area (Å²) in [6.07, 6.45) is 6.63. The molecule has 2 unspecified atom stereocenters. The van der Waals surface area contributed by atoms with Crippen molar-refractivity contribution in [3.8, 4) is 0 Å². The molecule has 2 aliphatic heterocycles. The molecule has 3 aromatic heterocycles. The van der Waals surface area contributed by atoms with Gasteiger partial charge in [0.1, 0.15) is 11.2 Å². The minimum atomic E-state index is -0.642. The van der Waals surface area contributed by atoms with Gasteiger partial charge in [-0.3, -0.25) is 19.8 Å². The number of nitrogens with zero attached hydrogens (tertiary/aromatic N) is 7. The summed E-state index contributed by atoms with van der Waals surface area (Å²) >= 11 is 1.69. The summed E-state index contributed by atoms with van der Waals surface area (Å²) in [6.45, 7) is 2.87. The Morgan fingerprint density at radius 1 is 1.24 bits per heavy atom. The number of aromatic nitrogens is 5. The molecule has 34 heavy (non-hydrogen) atoms. The van der Waals surface area contributed by atoms with Crippen molar-refractivity contribution in [3.63, 3.8) is 0 Å². The Bertz CT molecular complexity index is 1240. The molecule has 2 aliphatic rings. The van der Waals surface area contributed by atoms with Gasteiger partial charge in [0, 0.05) is 30.1 Å². The number of pyridine rings is 1. The van der Waals surface area contributed by atoms with Gasteiger partial charge < -0.3 is 15.3 Å². The van der Waals surface area contributed by atoms with Gasteiger partial charge in [-0.05, 0) is 19.1 Å². The molecule has 0 aliphatic carbocycles. The molecule has 0 radical (unpaired) electrons. The average Bonchev–Trinajstić information content (AvgIpc) is 3.24. The maximum atomic E-state index is 13.3. The van der Waals surface area contributed by atoms with Gasteiger partial charge in [0.15, 0.2) is 5.82 Å². The number of aliphatic hydroxyl groups is 1. The molecule has 0 saturated carbocycles. The van der Waals surface area contributed by atoms with E-state index in [2.05, 4.69) is 30.2 Å². The third kappa shape index (κ3) is 4.21. The second kappa shape index (κ2) is 9.03. The Morgan fingerprint density at radius 2 is 2.06 bits per heavy atom. The van der Waals surface area contributed by atoms with Crippen molar-refractivity contribution in [2.24, 2.45) is 10.9 Å². The standard InChI is InChI=1S/C22H21FN8O2S/c1-13-30-22(12-31(9-14(22)11-34-13)21-27-5-15(23)6-28-21)19-4-16(2-3-24-19)29-20(33)18-8-25-17(10-32)7-26-18/h2-8,14,32H,9-12H2,1H3,(H,24,29,33). The summed E-state index contributed by atoms with van der Waals surface area (Å²) in [5.74, 6) is 0.515. The lowest BCUT2D eigenvalue weighted by Gasteiger charge is -2.34. The molecule has 0 spiro atoms. The van der Waals surface area contributed by atoms with Gasteiger partial charge in [0.2, 0.25) is 5.95 Å². The van der Waals surface area contributed by atoms with E-state index in [0.717, 1.165) is 28.9 Å². The first-order valence-corrected chi connectivity index (χ1v) is 11.6. The maximum absolute atomic E-state index is 13.3. The number of hydrogen-bond acceptors (Lipinski definition) is 10. The Kier molecular flexibility index (Phi) is 5.92. The summed E-state index contributed by atoms with van der Waals surface area (Å²) in [5.41, 5.74) is 1.15. The monoisotopic (exact) mass is 480 g/mol. The van der Waals surface area contributed by atoms with E-state index < -0.39 is 17.3 Å². The Hall–Kier alpha value is -3.51. The first-order chi connectivity index (χ1) is 16.5. The molecule has 1 fully saturated rings. The summed E-state index contributed by atoms with van der Waals surface area (Å²) in [4.78, 5) is 40.6. The van der Waals surface area contributed by atoms with Gasteiger partial charge in [-0.25, -0.2) is 19.3 Å². The van der Waals surface area contributed by atoms with E-state index in [0.29, 0.717) is 30.4 Å². The number of carbonyl (C=O) groups is 1. The molecule has 12 heteroatoms. The number of anilines is 2. The lowest BCUT2D eigenvalue weighted by atomic mass is 9.85. The number of rotatable bonds is 5. The van der Waals surface area contributed by atoms with Crippen molar-refractivity contribution in [1.82, 2.24) is 24.9 Å². The van der Waals surface area contributed by atoms with Crippen molar-refractivity contribution in [1.29, 1.82) is 0 Å². The van der Waals surface area contributed by atoms with Gasteiger partial charge in [-0.15, -0.1) is 11.8 Å². The van der Waals surface area contributed by atoms with Gasteiger partial charge in [0.05, 0.1) is 54.4 Å². The van der Waals surface area contributed by atoms with Crippen molar-refractivity contribution in [2.45, 2.75) is 19.1 Å². The van der Waals surface area contributed by atoms with Crippen molar-refractivity contribution >= 4 is 34.3 Å². The van der Waals surface area contributed by atoms with E-state index in [1.165, 1.54) is 12.4 Å². The molecular formula is C22H21FN8O2S. The largest absolute Gasteiger partial charge is 0.390 e. The number of aliphatic hydroxyl groups excluding tert-OH is 1. The zero-order valence-corrected chi connectivity index (χ0v) is 19.0. The molecule has 0 bridgehead atoms. The average molecular weight is 481 g/mol. The van der Waals surface area contributed by atoms with Gasteiger partial charge in [-0.2, -0.15) is 0 Å². The van der Waals surface area contributed by atoms with Crippen LogP contribution in [0.5, 0.6) is 0 Å². The van der Waals surface area contributed by atoms with E-state index in [9.17, 15) is 9.18 Å². The van der Waals surface area contributed by atoms with Crippen LogP contribution < -0.4 is 10.2 Å². The molecule has 5 heterocycles. The first kappa shape index (κ1) is 22.3. The fourth-order valence-corrected chi connectivity index (χ4v) is 5.27. The van der Waals surface area contributed by atoms with Crippen molar-refractivity contribution < 1.29 is 14.3 Å². The van der Waals surface area contributed by atoms with E-state index in [1.807, 2.05) is 17.9 Å². The summed E-state index contributed by atoms with van der Waals surface area (Å²) in [5, 5.41) is 12.9. The predicted octanol–water partition coefficient (Wildman–Crippen LogP) is 2.04. The van der Waals surface area contributed by atoms with E-state index in [-0.39, 0.29) is 18.2 Å². The van der Waals surface area contributed by atoms with Crippen LogP contribution >= 0.6 is 11.8 Å². The molecular weight excluding hydrogens is 459 g/mol. The van der Waals surface area contributed by atoms with Crippen molar-refractivity contribution in [2.75, 3.05) is 29.1 Å².